The predicted molar refractivity (Wildman–Crippen MR) is 98.0 cm³/mol. The molecule has 0 N–H and O–H groups in total. The molecule has 0 saturated carbocycles. The molecule has 1 aliphatic heterocycles. The first-order valence-electron chi connectivity index (χ1n) is 8.77. The van der Waals surface area contributed by atoms with Crippen LogP contribution in [0.4, 0.5) is 0 Å². The molecule has 0 aliphatic carbocycles. The molecule has 0 spiro atoms. The van der Waals surface area contributed by atoms with Crippen LogP contribution in [0.5, 0.6) is 5.75 Å². The highest BCUT2D eigenvalue weighted by Crippen LogP contribution is 2.14. The number of benzene rings is 1. The number of piperazine rings is 1. The minimum absolute atomic E-state index is 0.0246. The second kappa shape index (κ2) is 8.47. The van der Waals surface area contributed by atoms with Crippen molar-refractivity contribution in [3.05, 3.63) is 59.9 Å². The van der Waals surface area contributed by atoms with Gasteiger partial charge in [-0.15, -0.1) is 0 Å². The van der Waals surface area contributed by atoms with Crippen LogP contribution in [0.1, 0.15) is 22.3 Å². The molecule has 26 heavy (non-hydrogen) atoms. The van der Waals surface area contributed by atoms with E-state index in [9.17, 15) is 9.59 Å². The van der Waals surface area contributed by atoms with Crippen LogP contribution in [0.2, 0.25) is 0 Å². The molecule has 6 nitrogen and oxygen atoms in total. The monoisotopic (exact) mass is 353 g/mol. The Morgan fingerprint density at radius 1 is 1.04 bits per heavy atom. The summed E-state index contributed by atoms with van der Waals surface area (Å²) in [5.74, 6) is 0.923. The Morgan fingerprint density at radius 3 is 2.35 bits per heavy atom. The number of amides is 2. The van der Waals surface area contributed by atoms with Gasteiger partial charge in [-0.2, -0.15) is 0 Å². The lowest BCUT2D eigenvalue weighted by Gasteiger charge is -2.34. The molecule has 1 aliphatic rings. The number of hydrogen-bond acceptors (Lipinski definition) is 4. The quantitative estimate of drug-likeness (QED) is 0.825. The van der Waals surface area contributed by atoms with Gasteiger partial charge in [-0.25, -0.2) is 0 Å². The maximum Gasteiger partial charge on any atom is 0.255 e. The van der Waals surface area contributed by atoms with Crippen LogP contribution < -0.4 is 4.74 Å². The number of methoxy groups -OCH3 is 1. The molecule has 1 aromatic carbocycles. The molecule has 136 valence electrons. The van der Waals surface area contributed by atoms with Crippen molar-refractivity contribution in [2.45, 2.75) is 12.8 Å². The molecule has 0 bridgehead atoms. The number of nitrogens with zero attached hydrogens (tertiary/aromatic N) is 3. The van der Waals surface area contributed by atoms with Crippen molar-refractivity contribution >= 4 is 11.8 Å². The van der Waals surface area contributed by atoms with Crippen molar-refractivity contribution in [3.63, 3.8) is 0 Å². The number of aryl methyl sites for hydroxylation is 1. The maximum atomic E-state index is 12.4. The number of hydrogen-bond donors (Lipinski definition) is 0. The lowest BCUT2D eigenvalue weighted by Crippen LogP contribution is -2.50. The summed E-state index contributed by atoms with van der Waals surface area (Å²) in [6.45, 7) is 2.27. The second-order valence-corrected chi connectivity index (χ2v) is 6.26. The molecule has 1 fully saturated rings. The third kappa shape index (κ3) is 4.39. The first kappa shape index (κ1) is 17.9. The Labute approximate surface area is 153 Å². The van der Waals surface area contributed by atoms with Crippen LogP contribution in [0, 0.1) is 0 Å². The zero-order chi connectivity index (χ0) is 18.4. The van der Waals surface area contributed by atoms with Crippen LogP contribution in [-0.4, -0.2) is 59.9 Å². The lowest BCUT2D eigenvalue weighted by molar-refractivity contribution is -0.132. The standard InChI is InChI=1S/C20H23N3O3/c1-26-18-7-4-16(5-8-18)6-9-19(24)22-11-13-23(14-12-22)20(25)17-3-2-10-21-15-17/h2-5,7-8,10,15H,6,9,11-14H2,1H3. The highest BCUT2D eigenvalue weighted by molar-refractivity contribution is 5.94. The Bertz CT molecular complexity index is 739. The van der Waals surface area contributed by atoms with E-state index in [4.69, 9.17) is 4.74 Å². The van der Waals surface area contributed by atoms with E-state index in [1.54, 1.807) is 36.5 Å². The van der Waals surface area contributed by atoms with Crippen LogP contribution in [0.15, 0.2) is 48.8 Å². The Kier molecular flexibility index (Phi) is 5.84. The summed E-state index contributed by atoms with van der Waals surface area (Å²) in [5, 5.41) is 0. The van der Waals surface area contributed by atoms with Crippen LogP contribution in [-0.2, 0) is 11.2 Å². The van der Waals surface area contributed by atoms with E-state index in [2.05, 4.69) is 4.98 Å². The zero-order valence-corrected chi connectivity index (χ0v) is 14.9. The van der Waals surface area contributed by atoms with Crippen molar-refractivity contribution in [1.82, 2.24) is 14.8 Å². The number of pyridine rings is 1. The van der Waals surface area contributed by atoms with Crippen molar-refractivity contribution in [1.29, 1.82) is 0 Å². The third-order valence-electron chi connectivity index (χ3n) is 4.61. The number of ether oxygens (including phenoxy) is 1. The Morgan fingerprint density at radius 2 is 1.73 bits per heavy atom. The van der Waals surface area contributed by atoms with E-state index in [-0.39, 0.29) is 11.8 Å². The maximum absolute atomic E-state index is 12.4. The van der Waals surface area contributed by atoms with Gasteiger partial charge in [0.15, 0.2) is 0 Å². The topological polar surface area (TPSA) is 62.7 Å². The first-order valence-corrected chi connectivity index (χ1v) is 8.77. The number of carbonyl (C=O) groups excluding carboxylic acids is 2. The minimum atomic E-state index is -0.0246. The Balaban J connectivity index is 1.46. The van der Waals surface area contributed by atoms with Gasteiger partial charge in [-0.1, -0.05) is 12.1 Å². The van der Waals surface area contributed by atoms with Gasteiger partial charge in [0.05, 0.1) is 12.7 Å². The highest BCUT2D eigenvalue weighted by Gasteiger charge is 2.24. The summed E-state index contributed by atoms with van der Waals surface area (Å²) in [6, 6.07) is 11.3. The van der Waals surface area contributed by atoms with Gasteiger partial charge in [0.2, 0.25) is 5.91 Å². The normalized spacial score (nSPS) is 14.2. The van der Waals surface area contributed by atoms with Crippen LogP contribution in [0.3, 0.4) is 0 Å². The summed E-state index contributed by atoms with van der Waals surface area (Å²) in [5.41, 5.74) is 1.70. The van der Waals surface area contributed by atoms with E-state index >= 15 is 0 Å². The molecular formula is C20H23N3O3. The average molecular weight is 353 g/mol. The lowest BCUT2D eigenvalue weighted by atomic mass is 10.1. The van der Waals surface area contributed by atoms with E-state index < -0.39 is 0 Å². The molecule has 0 atom stereocenters. The number of rotatable bonds is 5. The minimum Gasteiger partial charge on any atom is -0.497 e. The average Bonchev–Trinajstić information content (AvgIpc) is 2.72. The summed E-state index contributed by atoms with van der Waals surface area (Å²) >= 11 is 0. The van der Waals surface area contributed by atoms with Crippen LogP contribution in [0.25, 0.3) is 0 Å². The van der Waals surface area contributed by atoms with E-state index in [0.29, 0.717) is 44.6 Å². The smallest absolute Gasteiger partial charge is 0.255 e. The molecular weight excluding hydrogens is 330 g/mol. The van der Waals surface area contributed by atoms with E-state index in [1.807, 2.05) is 29.2 Å². The van der Waals surface area contributed by atoms with Crippen molar-refractivity contribution in [3.8, 4) is 5.75 Å². The molecule has 2 heterocycles. The van der Waals surface area contributed by atoms with E-state index in [1.165, 1.54) is 0 Å². The summed E-state index contributed by atoms with van der Waals surface area (Å²) in [4.78, 5) is 32.5. The van der Waals surface area contributed by atoms with E-state index in [0.717, 1.165) is 11.3 Å². The largest absolute Gasteiger partial charge is 0.497 e. The van der Waals surface area contributed by atoms with Gasteiger partial charge in [0.25, 0.3) is 5.91 Å². The molecule has 0 radical (unpaired) electrons. The molecule has 1 aromatic heterocycles. The fourth-order valence-corrected chi connectivity index (χ4v) is 3.03. The summed E-state index contributed by atoms with van der Waals surface area (Å²) in [7, 11) is 1.64. The molecule has 3 rings (SSSR count). The van der Waals surface area contributed by atoms with Crippen molar-refractivity contribution < 1.29 is 14.3 Å². The predicted octanol–water partition coefficient (Wildman–Crippen LogP) is 2.01. The van der Waals surface area contributed by atoms with Gasteiger partial charge in [-0.05, 0) is 36.2 Å². The SMILES string of the molecule is COc1ccc(CCC(=O)N2CCN(C(=O)c3cccnc3)CC2)cc1. The molecule has 1 saturated heterocycles. The zero-order valence-electron chi connectivity index (χ0n) is 14.9. The molecule has 0 unspecified atom stereocenters. The highest BCUT2D eigenvalue weighted by atomic mass is 16.5. The molecule has 6 heteroatoms. The second-order valence-electron chi connectivity index (χ2n) is 6.26. The third-order valence-corrected chi connectivity index (χ3v) is 4.61. The van der Waals surface area contributed by atoms with Gasteiger partial charge >= 0.3 is 0 Å². The van der Waals surface area contributed by atoms with Crippen LogP contribution >= 0.6 is 0 Å². The van der Waals surface area contributed by atoms with Gasteiger partial charge in [-0.3, -0.25) is 14.6 Å². The molecule has 2 amide bonds. The summed E-state index contributed by atoms with van der Waals surface area (Å²) in [6.07, 6.45) is 4.41. The van der Waals surface area contributed by atoms with Gasteiger partial charge in [0.1, 0.15) is 5.75 Å². The fraction of sp³-hybridized carbons (Fsp3) is 0.350. The van der Waals surface area contributed by atoms with Gasteiger partial charge in [0, 0.05) is 45.0 Å². The fourth-order valence-electron chi connectivity index (χ4n) is 3.03. The van der Waals surface area contributed by atoms with Crippen molar-refractivity contribution in [2.75, 3.05) is 33.3 Å². The first-order chi connectivity index (χ1) is 12.7. The van der Waals surface area contributed by atoms with Crippen molar-refractivity contribution in [2.24, 2.45) is 0 Å². The van der Waals surface area contributed by atoms with Gasteiger partial charge < -0.3 is 14.5 Å². The molecule has 2 aromatic rings. The number of aromatic nitrogens is 1. The summed E-state index contributed by atoms with van der Waals surface area (Å²) < 4.78 is 5.14. The number of carbonyl (C=O) groups is 2. The Hall–Kier alpha value is -2.89.